The molecule has 0 unspecified atom stereocenters. The molecule has 0 saturated heterocycles. The number of fused-ring (bicyclic) bond motifs is 1. The molecule has 160 valence electrons. The van der Waals surface area contributed by atoms with Crippen molar-refractivity contribution in [2.75, 3.05) is 13.7 Å². The molecule has 0 radical (unpaired) electrons. The van der Waals surface area contributed by atoms with Crippen LogP contribution in [0.4, 0.5) is 0 Å². The summed E-state index contributed by atoms with van der Waals surface area (Å²) in [7, 11) is -2.36. The van der Waals surface area contributed by atoms with Crippen LogP contribution in [0.1, 0.15) is 80.1 Å². The Bertz CT molecular complexity index is 810. The fraction of sp³-hybridized carbons (Fsp3) is 0.682. The van der Waals surface area contributed by atoms with E-state index in [4.69, 9.17) is 4.74 Å². The molecule has 0 atom stereocenters. The van der Waals surface area contributed by atoms with Gasteiger partial charge in [0.05, 0.1) is 12.7 Å². The third kappa shape index (κ3) is 3.91. The molecule has 1 aromatic carbocycles. The van der Waals surface area contributed by atoms with Gasteiger partial charge in [-0.2, -0.15) is 12.7 Å². The predicted molar refractivity (Wildman–Crippen MR) is 112 cm³/mol. The third-order valence-corrected chi connectivity index (χ3v) is 8.81. The van der Waals surface area contributed by atoms with Crippen molar-refractivity contribution in [3.05, 3.63) is 29.3 Å². The van der Waals surface area contributed by atoms with E-state index in [-0.39, 0.29) is 18.6 Å². The third-order valence-electron chi connectivity index (χ3n) is 6.77. The van der Waals surface area contributed by atoms with Crippen molar-refractivity contribution in [2.24, 2.45) is 0 Å². The molecule has 2 aliphatic carbocycles. The van der Waals surface area contributed by atoms with Crippen molar-refractivity contribution in [3.63, 3.8) is 0 Å². The summed E-state index contributed by atoms with van der Waals surface area (Å²) >= 11 is 0. The molecule has 7 heteroatoms. The van der Waals surface area contributed by atoms with Gasteiger partial charge in [0.2, 0.25) is 0 Å². The van der Waals surface area contributed by atoms with Gasteiger partial charge in [-0.15, -0.1) is 0 Å². The fourth-order valence-corrected chi connectivity index (χ4v) is 7.35. The van der Waals surface area contributed by atoms with Crippen molar-refractivity contribution >= 4 is 16.1 Å². The van der Waals surface area contributed by atoms with E-state index in [0.717, 1.165) is 61.2 Å². The Morgan fingerprint density at radius 3 is 2.10 bits per heavy atom. The Labute approximate surface area is 174 Å². The molecule has 2 fully saturated rings. The Kier molecular flexibility index (Phi) is 6.16. The number of hydrogen-bond acceptors (Lipinski definition) is 4. The minimum absolute atomic E-state index is 0.0173. The van der Waals surface area contributed by atoms with Crippen LogP contribution in [0.25, 0.3) is 0 Å². The van der Waals surface area contributed by atoms with Crippen molar-refractivity contribution in [3.8, 4) is 5.75 Å². The number of ether oxygens (including phenoxy) is 1. The van der Waals surface area contributed by atoms with Crippen molar-refractivity contribution in [1.82, 2.24) is 8.61 Å². The van der Waals surface area contributed by atoms with E-state index in [0.29, 0.717) is 17.7 Å². The van der Waals surface area contributed by atoms with Crippen molar-refractivity contribution in [2.45, 2.75) is 82.7 Å². The van der Waals surface area contributed by atoms with Gasteiger partial charge in [-0.3, -0.25) is 4.79 Å². The van der Waals surface area contributed by atoms with E-state index >= 15 is 0 Å². The summed E-state index contributed by atoms with van der Waals surface area (Å²) in [6.07, 6.45) is 10.7. The van der Waals surface area contributed by atoms with E-state index in [2.05, 4.69) is 0 Å². The highest BCUT2D eigenvalue weighted by Crippen LogP contribution is 2.36. The highest BCUT2D eigenvalue weighted by Gasteiger charge is 2.44. The molecule has 0 aromatic heterocycles. The maximum atomic E-state index is 13.9. The van der Waals surface area contributed by atoms with Crippen LogP contribution in [0.5, 0.6) is 5.75 Å². The maximum absolute atomic E-state index is 13.9. The Morgan fingerprint density at radius 2 is 1.55 bits per heavy atom. The van der Waals surface area contributed by atoms with Crippen LogP contribution >= 0.6 is 0 Å². The van der Waals surface area contributed by atoms with E-state index in [1.54, 1.807) is 10.4 Å². The fourth-order valence-electron chi connectivity index (χ4n) is 5.33. The van der Waals surface area contributed by atoms with Gasteiger partial charge in [-0.1, -0.05) is 50.7 Å². The summed E-state index contributed by atoms with van der Waals surface area (Å²) in [5.74, 6) is 0.00889. The number of nitrogens with zero attached hydrogens (tertiary/aromatic N) is 2. The Hall–Kier alpha value is -1.60. The SMILES string of the molecule is COc1cccc2c1C(=O)N(S(=O)(=O)N(C1CCCCC1)C1CCCCC1)CC2. The summed E-state index contributed by atoms with van der Waals surface area (Å²) in [4.78, 5) is 13.4. The first-order valence-corrected chi connectivity index (χ1v) is 12.4. The first-order valence-electron chi connectivity index (χ1n) is 11.1. The van der Waals surface area contributed by atoms with E-state index in [1.165, 1.54) is 20.0 Å². The van der Waals surface area contributed by atoms with Gasteiger partial charge in [-0.25, -0.2) is 4.31 Å². The van der Waals surface area contributed by atoms with E-state index in [9.17, 15) is 13.2 Å². The molecule has 6 nitrogen and oxygen atoms in total. The Balaban J connectivity index is 1.69. The van der Waals surface area contributed by atoms with Gasteiger partial charge >= 0.3 is 10.2 Å². The molecule has 3 aliphatic rings. The monoisotopic (exact) mass is 420 g/mol. The topological polar surface area (TPSA) is 66.9 Å². The van der Waals surface area contributed by atoms with Gasteiger partial charge < -0.3 is 4.74 Å². The molecule has 4 rings (SSSR count). The molecule has 0 N–H and O–H groups in total. The average Bonchev–Trinajstić information content (AvgIpc) is 2.75. The molecule has 29 heavy (non-hydrogen) atoms. The summed E-state index contributed by atoms with van der Waals surface area (Å²) < 4.78 is 36.0. The molecular weight excluding hydrogens is 388 g/mol. The zero-order chi connectivity index (χ0) is 20.4. The zero-order valence-electron chi connectivity index (χ0n) is 17.3. The maximum Gasteiger partial charge on any atom is 0.307 e. The van der Waals surface area contributed by atoms with Gasteiger partial charge in [0.1, 0.15) is 5.75 Å². The number of carbonyl (C=O) groups is 1. The molecule has 0 bridgehead atoms. The summed E-state index contributed by atoms with van der Waals surface area (Å²) in [6.45, 7) is 0.206. The number of amides is 1. The largest absolute Gasteiger partial charge is 0.496 e. The van der Waals surface area contributed by atoms with Crippen LogP contribution in [0.2, 0.25) is 0 Å². The normalized spacial score (nSPS) is 22.0. The molecule has 1 aromatic rings. The van der Waals surface area contributed by atoms with Crippen molar-refractivity contribution < 1.29 is 17.9 Å². The van der Waals surface area contributed by atoms with Crippen LogP contribution in [0, 0.1) is 0 Å². The van der Waals surface area contributed by atoms with Crippen LogP contribution < -0.4 is 4.74 Å². The summed E-state index contributed by atoms with van der Waals surface area (Å²) in [5.41, 5.74) is 1.26. The summed E-state index contributed by atoms with van der Waals surface area (Å²) in [6, 6.07) is 5.51. The van der Waals surface area contributed by atoms with E-state index in [1.807, 2.05) is 12.1 Å². The van der Waals surface area contributed by atoms with Gasteiger partial charge in [0.25, 0.3) is 5.91 Å². The predicted octanol–water partition coefficient (Wildman–Crippen LogP) is 3.91. The van der Waals surface area contributed by atoms with Crippen LogP contribution in [-0.4, -0.2) is 48.7 Å². The molecular formula is C22H32N2O4S. The standard InChI is InChI=1S/C22H32N2O4S/c1-28-20-14-8-9-17-15-16-23(22(25)21(17)20)29(26,27)24(18-10-4-2-5-11-18)19-12-6-3-7-13-19/h8-9,14,18-19H,2-7,10-13,15-16H2,1H3. The lowest BCUT2D eigenvalue weighted by Gasteiger charge is -2.43. The first kappa shape index (κ1) is 20.7. The lowest BCUT2D eigenvalue weighted by molar-refractivity contribution is 0.0820. The highest BCUT2D eigenvalue weighted by atomic mass is 32.2. The Morgan fingerprint density at radius 1 is 0.966 bits per heavy atom. The van der Waals surface area contributed by atoms with E-state index < -0.39 is 16.1 Å². The number of benzene rings is 1. The summed E-state index contributed by atoms with van der Waals surface area (Å²) in [5, 5.41) is 0. The second-order valence-corrected chi connectivity index (χ2v) is 10.3. The number of hydrogen-bond donors (Lipinski definition) is 0. The first-order chi connectivity index (χ1) is 14.0. The lowest BCUT2D eigenvalue weighted by Crippen LogP contribution is -2.56. The second-order valence-electron chi connectivity index (χ2n) is 8.54. The average molecular weight is 421 g/mol. The number of rotatable bonds is 5. The minimum atomic E-state index is -3.88. The number of carbonyl (C=O) groups excluding carboxylic acids is 1. The van der Waals surface area contributed by atoms with Gasteiger partial charge in [0.15, 0.2) is 0 Å². The molecule has 1 aliphatic heterocycles. The van der Waals surface area contributed by atoms with Crippen LogP contribution in [0.15, 0.2) is 18.2 Å². The number of methoxy groups -OCH3 is 1. The molecule has 0 spiro atoms. The minimum Gasteiger partial charge on any atom is -0.496 e. The lowest BCUT2D eigenvalue weighted by atomic mass is 9.91. The van der Waals surface area contributed by atoms with Gasteiger partial charge in [-0.05, 0) is 43.7 Å². The smallest absolute Gasteiger partial charge is 0.307 e. The molecule has 1 heterocycles. The van der Waals surface area contributed by atoms with Crippen LogP contribution in [-0.2, 0) is 16.6 Å². The molecule has 2 saturated carbocycles. The highest BCUT2D eigenvalue weighted by molar-refractivity contribution is 7.87. The molecule has 1 amide bonds. The second kappa shape index (κ2) is 8.64. The quantitative estimate of drug-likeness (QED) is 0.724. The van der Waals surface area contributed by atoms with Crippen LogP contribution in [0.3, 0.4) is 0 Å². The zero-order valence-corrected chi connectivity index (χ0v) is 18.1. The van der Waals surface area contributed by atoms with Gasteiger partial charge in [0, 0.05) is 18.6 Å². The van der Waals surface area contributed by atoms with Crippen molar-refractivity contribution in [1.29, 1.82) is 0 Å².